The lowest BCUT2D eigenvalue weighted by atomic mass is 10.3. The van der Waals surface area contributed by atoms with Crippen LogP contribution in [-0.2, 0) is 25.4 Å². The summed E-state index contributed by atoms with van der Waals surface area (Å²) >= 11 is 0. The number of hydrogen-bond donors (Lipinski definition) is 2. The van der Waals surface area contributed by atoms with Gasteiger partial charge in [-0.3, -0.25) is 18.8 Å². The molecule has 2 aromatic heterocycles. The number of fused-ring (bicyclic) bond motifs is 1. The second-order valence-corrected chi connectivity index (χ2v) is 8.45. The van der Waals surface area contributed by atoms with Crippen LogP contribution in [0.15, 0.2) is 33.9 Å². The zero-order chi connectivity index (χ0) is 24.9. The normalized spacial score (nSPS) is 15.3. The van der Waals surface area contributed by atoms with Crippen LogP contribution in [0.3, 0.4) is 0 Å². The van der Waals surface area contributed by atoms with Crippen molar-refractivity contribution in [3.8, 4) is 11.5 Å². The third-order valence-electron chi connectivity index (χ3n) is 6.06. The maximum absolute atomic E-state index is 13.0. The molecule has 3 aromatic rings. The first kappa shape index (κ1) is 24.8. The molecule has 0 unspecified atom stereocenters. The number of imidazole rings is 1. The number of aliphatic hydroxyl groups excluding tert-OH is 1. The number of rotatable bonds is 10. The third kappa shape index (κ3) is 5.50. The van der Waals surface area contributed by atoms with Gasteiger partial charge in [0.05, 0.1) is 26.9 Å². The van der Waals surface area contributed by atoms with Crippen LogP contribution in [0.2, 0.25) is 0 Å². The van der Waals surface area contributed by atoms with Crippen LogP contribution in [0.4, 0.5) is 5.95 Å². The number of benzene rings is 1. The molecule has 3 heterocycles. The van der Waals surface area contributed by atoms with Gasteiger partial charge in [-0.1, -0.05) is 0 Å². The van der Waals surface area contributed by atoms with E-state index in [1.807, 2.05) is 0 Å². The lowest BCUT2D eigenvalue weighted by Gasteiger charge is -2.26. The Kier molecular flexibility index (Phi) is 7.73. The summed E-state index contributed by atoms with van der Waals surface area (Å²) in [7, 11) is 4.58. The standard InChI is InChI=1S/C23H32N6O6/c1-26-20-19(21(31)27(2)23(26)32)29(22(25-20)24-8-9-28-10-12-34-13-11-28)14-16(30)15-35-18-6-4-17(33-3)5-7-18/h4-7,16,30H,8-15H2,1-3H3,(H,24,25)/t16-/m1/s1. The Bertz CT molecular complexity index is 1260. The third-order valence-corrected chi connectivity index (χ3v) is 6.06. The van der Waals surface area contributed by atoms with E-state index < -0.39 is 17.4 Å². The summed E-state index contributed by atoms with van der Waals surface area (Å²) < 4.78 is 20.2. The van der Waals surface area contributed by atoms with Gasteiger partial charge in [-0.05, 0) is 24.3 Å². The quantitative estimate of drug-likeness (QED) is 0.393. The van der Waals surface area contributed by atoms with Crippen LogP contribution in [0, 0.1) is 0 Å². The van der Waals surface area contributed by atoms with E-state index in [0.717, 1.165) is 24.2 Å². The van der Waals surface area contributed by atoms with E-state index in [1.165, 1.54) is 11.6 Å². The lowest BCUT2D eigenvalue weighted by molar-refractivity contribution is 0.0398. The van der Waals surface area contributed by atoms with Crippen LogP contribution >= 0.6 is 0 Å². The minimum Gasteiger partial charge on any atom is -0.497 e. The Morgan fingerprint density at radius 1 is 1.11 bits per heavy atom. The number of anilines is 1. The highest BCUT2D eigenvalue weighted by Gasteiger charge is 2.21. The monoisotopic (exact) mass is 488 g/mol. The highest BCUT2D eigenvalue weighted by molar-refractivity contribution is 5.74. The number of methoxy groups -OCH3 is 1. The smallest absolute Gasteiger partial charge is 0.332 e. The molecular formula is C23H32N6O6. The molecule has 12 nitrogen and oxygen atoms in total. The van der Waals surface area contributed by atoms with Crippen molar-refractivity contribution in [2.45, 2.75) is 12.6 Å². The molecule has 0 spiro atoms. The minimum atomic E-state index is -0.934. The first-order chi connectivity index (χ1) is 16.9. The zero-order valence-corrected chi connectivity index (χ0v) is 20.3. The Morgan fingerprint density at radius 3 is 2.49 bits per heavy atom. The Hall–Kier alpha value is -3.35. The fourth-order valence-electron chi connectivity index (χ4n) is 4.04. The number of hydrogen-bond acceptors (Lipinski definition) is 9. The molecule has 1 aliphatic heterocycles. The largest absolute Gasteiger partial charge is 0.497 e. The average molecular weight is 489 g/mol. The highest BCUT2D eigenvalue weighted by atomic mass is 16.5. The second-order valence-electron chi connectivity index (χ2n) is 8.45. The highest BCUT2D eigenvalue weighted by Crippen LogP contribution is 2.19. The van der Waals surface area contributed by atoms with Gasteiger partial charge in [0, 0.05) is 40.3 Å². The van der Waals surface area contributed by atoms with Gasteiger partial charge < -0.3 is 29.2 Å². The van der Waals surface area contributed by atoms with Crippen LogP contribution in [0.5, 0.6) is 11.5 Å². The molecule has 0 aliphatic carbocycles. The summed E-state index contributed by atoms with van der Waals surface area (Å²) in [6.45, 7) is 4.53. The van der Waals surface area contributed by atoms with Gasteiger partial charge in [0.15, 0.2) is 11.2 Å². The maximum Gasteiger partial charge on any atom is 0.332 e. The number of nitrogens with one attached hydrogen (secondary N) is 1. The predicted molar refractivity (Wildman–Crippen MR) is 130 cm³/mol. The maximum atomic E-state index is 13.0. The van der Waals surface area contributed by atoms with E-state index in [1.54, 1.807) is 43.0 Å². The van der Waals surface area contributed by atoms with Crippen molar-refractivity contribution >= 4 is 17.1 Å². The second kappa shape index (κ2) is 10.9. The number of aliphatic hydroxyl groups is 1. The van der Waals surface area contributed by atoms with Crippen molar-refractivity contribution in [3.63, 3.8) is 0 Å². The number of ether oxygens (including phenoxy) is 3. The molecule has 0 amide bonds. The number of morpholine rings is 1. The van der Waals surface area contributed by atoms with Crippen molar-refractivity contribution in [3.05, 3.63) is 45.1 Å². The zero-order valence-electron chi connectivity index (χ0n) is 20.3. The molecule has 1 atom stereocenters. The topological polar surface area (TPSA) is 125 Å². The molecule has 1 aliphatic rings. The summed E-state index contributed by atoms with van der Waals surface area (Å²) in [5.74, 6) is 1.70. The van der Waals surface area contributed by atoms with E-state index in [0.29, 0.717) is 37.2 Å². The van der Waals surface area contributed by atoms with E-state index in [4.69, 9.17) is 14.2 Å². The van der Waals surface area contributed by atoms with Crippen molar-refractivity contribution < 1.29 is 19.3 Å². The van der Waals surface area contributed by atoms with E-state index in [2.05, 4.69) is 15.2 Å². The number of aromatic nitrogens is 4. The molecule has 4 rings (SSSR count). The van der Waals surface area contributed by atoms with Gasteiger partial charge in [0.2, 0.25) is 5.95 Å². The van der Waals surface area contributed by atoms with Crippen LogP contribution in [0.25, 0.3) is 11.2 Å². The molecular weight excluding hydrogens is 456 g/mol. The number of aryl methyl sites for hydroxylation is 1. The lowest BCUT2D eigenvalue weighted by Crippen LogP contribution is -2.39. The van der Waals surface area contributed by atoms with Gasteiger partial charge in [-0.2, -0.15) is 4.98 Å². The summed E-state index contributed by atoms with van der Waals surface area (Å²) in [4.78, 5) is 32.2. The summed E-state index contributed by atoms with van der Waals surface area (Å²) in [6, 6.07) is 7.04. The molecule has 0 radical (unpaired) electrons. The van der Waals surface area contributed by atoms with Crippen LogP contribution < -0.4 is 26.0 Å². The first-order valence-corrected chi connectivity index (χ1v) is 11.5. The van der Waals surface area contributed by atoms with Crippen molar-refractivity contribution in [2.75, 3.05) is 58.4 Å². The molecule has 12 heteroatoms. The molecule has 0 saturated carbocycles. The molecule has 2 N–H and O–H groups in total. The van der Waals surface area contributed by atoms with E-state index in [9.17, 15) is 14.7 Å². The molecule has 1 fully saturated rings. The Labute approximate surface area is 202 Å². The number of nitrogens with zero attached hydrogens (tertiary/aromatic N) is 5. The van der Waals surface area contributed by atoms with Gasteiger partial charge in [0.25, 0.3) is 5.56 Å². The molecule has 35 heavy (non-hydrogen) atoms. The fraction of sp³-hybridized carbons (Fsp3) is 0.522. The van der Waals surface area contributed by atoms with E-state index >= 15 is 0 Å². The fourth-order valence-corrected chi connectivity index (χ4v) is 4.04. The van der Waals surface area contributed by atoms with E-state index in [-0.39, 0.29) is 24.3 Å². The van der Waals surface area contributed by atoms with Crippen molar-refractivity contribution in [2.24, 2.45) is 14.1 Å². The summed E-state index contributed by atoms with van der Waals surface area (Å²) in [5.41, 5.74) is -0.433. The van der Waals surface area contributed by atoms with Gasteiger partial charge in [-0.25, -0.2) is 4.79 Å². The average Bonchev–Trinajstić information content (AvgIpc) is 3.24. The van der Waals surface area contributed by atoms with Crippen LogP contribution in [0.1, 0.15) is 0 Å². The Balaban J connectivity index is 1.54. The molecule has 0 bridgehead atoms. The molecule has 1 saturated heterocycles. The van der Waals surface area contributed by atoms with Crippen LogP contribution in [-0.4, -0.2) is 87.9 Å². The van der Waals surface area contributed by atoms with Gasteiger partial charge in [-0.15, -0.1) is 0 Å². The van der Waals surface area contributed by atoms with Crippen molar-refractivity contribution in [1.29, 1.82) is 0 Å². The SMILES string of the molecule is COc1ccc(OC[C@H](O)Cn2c(NCCN3CCOCC3)nc3c2c(=O)n(C)c(=O)n3C)cc1. The summed E-state index contributed by atoms with van der Waals surface area (Å²) in [6.07, 6.45) is -0.934. The molecule has 1 aromatic carbocycles. The Morgan fingerprint density at radius 2 is 1.80 bits per heavy atom. The minimum absolute atomic E-state index is 0.00526. The summed E-state index contributed by atoms with van der Waals surface area (Å²) in [5, 5.41) is 14.0. The molecule has 190 valence electrons. The predicted octanol–water partition coefficient (Wildman–Crippen LogP) is -0.374. The van der Waals surface area contributed by atoms with Gasteiger partial charge >= 0.3 is 5.69 Å². The van der Waals surface area contributed by atoms with Crippen molar-refractivity contribution in [1.82, 2.24) is 23.6 Å². The first-order valence-electron chi connectivity index (χ1n) is 11.5. The van der Waals surface area contributed by atoms with Gasteiger partial charge in [0.1, 0.15) is 24.2 Å².